The highest BCUT2D eigenvalue weighted by Gasteiger charge is 2.14. The number of aryl methyl sites for hydroxylation is 1. The second-order valence-electron chi connectivity index (χ2n) is 4.19. The molecule has 14 heavy (non-hydrogen) atoms. The Bertz CT molecular complexity index is 287. The molecule has 0 aromatic heterocycles. The van der Waals surface area contributed by atoms with Gasteiger partial charge in [0.15, 0.2) is 0 Å². The molecular formula is C13H18S. The van der Waals surface area contributed by atoms with E-state index < -0.39 is 0 Å². The molecular weight excluding hydrogens is 188 g/mol. The monoisotopic (exact) mass is 206 g/mol. The maximum atomic E-state index is 2.30. The van der Waals surface area contributed by atoms with Crippen LogP contribution < -0.4 is 0 Å². The largest absolute Gasteiger partial charge is 0.123 e. The minimum Gasteiger partial charge on any atom is -0.123 e. The highest BCUT2D eigenvalue weighted by Crippen LogP contribution is 2.33. The van der Waals surface area contributed by atoms with Crippen molar-refractivity contribution in [3.05, 3.63) is 29.8 Å². The standard InChI is InChI=1S/C13H18S/c1-11-6-5-9-13(10-11)14-12-7-3-2-4-8-12/h5-6,9-10,12H,2-4,7-8H2,1H3. The number of benzene rings is 1. The summed E-state index contributed by atoms with van der Waals surface area (Å²) in [6, 6.07) is 8.89. The topological polar surface area (TPSA) is 0 Å². The van der Waals surface area contributed by atoms with E-state index in [1.165, 1.54) is 42.6 Å². The van der Waals surface area contributed by atoms with E-state index in [-0.39, 0.29) is 0 Å². The molecule has 0 spiro atoms. The molecule has 1 aromatic carbocycles. The van der Waals surface area contributed by atoms with E-state index in [0.717, 1.165) is 5.25 Å². The summed E-state index contributed by atoms with van der Waals surface area (Å²) in [6.07, 6.45) is 7.15. The molecule has 0 aliphatic heterocycles. The summed E-state index contributed by atoms with van der Waals surface area (Å²) in [6.45, 7) is 2.17. The van der Waals surface area contributed by atoms with Gasteiger partial charge >= 0.3 is 0 Å². The van der Waals surface area contributed by atoms with Gasteiger partial charge in [-0.3, -0.25) is 0 Å². The first kappa shape index (κ1) is 10.1. The zero-order chi connectivity index (χ0) is 9.80. The van der Waals surface area contributed by atoms with Gasteiger partial charge in [0.05, 0.1) is 0 Å². The summed E-state index contributed by atoms with van der Waals surface area (Å²) in [4.78, 5) is 1.46. The van der Waals surface area contributed by atoms with Gasteiger partial charge < -0.3 is 0 Å². The summed E-state index contributed by atoms with van der Waals surface area (Å²) < 4.78 is 0. The zero-order valence-electron chi connectivity index (χ0n) is 8.83. The van der Waals surface area contributed by atoms with Gasteiger partial charge in [0.25, 0.3) is 0 Å². The van der Waals surface area contributed by atoms with Crippen molar-refractivity contribution in [3.63, 3.8) is 0 Å². The second kappa shape index (κ2) is 4.88. The molecule has 0 bridgehead atoms. The maximum Gasteiger partial charge on any atom is 0.00944 e. The molecule has 1 aliphatic rings. The van der Waals surface area contributed by atoms with Crippen LogP contribution >= 0.6 is 11.8 Å². The average molecular weight is 206 g/mol. The summed E-state index contributed by atoms with van der Waals surface area (Å²) in [5.74, 6) is 0. The lowest BCUT2D eigenvalue weighted by Crippen LogP contribution is -2.07. The van der Waals surface area contributed by atoms with Crippen molar-refractivity contribution in [1.29, 1.82) is 0 Å². The highest BCUT2D eigenvalue weighted by molar-refractivity contribution is 8.00. The quantitative estimate of drug-likeness (QED) is 0.690. The molecule has 0 saturated heterocycles. The van der Waals surface area contributed by atoms with E-state index >= 15 is 0 Å². The van der Waals surface area contributed by atoms with Crippen LogP contribution in [0.2, 0.25) is 0 Å². The Hall–Kier alpha value is -0.430. The van der Waals surface area contributed by atoms with Crippen LogP contribution in [0.3, 0.4) is 0 Å². The van der Waals surface area contributed by atoms with Gasteiger partial charge in [0, 0.05) is 10.1 Å². The summed E-state index contributed by atoms with van der Waals surface area (Å²) in [7, 11) is 0. The fourth-order valence-corrected chi connectivity index (χ4v) is 3.43. The first-order chi connectivity index (χ1) is 6.84. The summed E-state index contributed by atoms with van der Waals surface area (Å²) >= 11 is 2.08. The molecule has 1 saturated carbocycles. The Morgan fingerprint density at radius 1 is 1.14 bits per heavy atom. The van der Waals surface area contributed by atoms with Crippen LogP contribution in [0, 0.1) is 6.92 Å². The van der Waals surface area contributed by atoms with Crippen LogP contribution in [0.4, 0.5) is 0 Å². The van der Waals surface area contributed by atoms with Crippen LogP contribution in [0.15, 0.2) is 29.2 Å². The molecule has 0 amide bonds. The Kier molecular flexibility index (Phi) is 3.52. The van der Waals surface area contributed by atoms with E-state index in [4.69, 9.17) is 0 Å². The predicted molar refractivity (Wildman–Crippen MR) is 63.9 cm³/mol. The van der Waals surface area contributed by atoms with E-state index in [9.17, 15) is 0 Å². The van der Waals surface area contributed by atoms with Crippen LogP contribution in [0.5, 0.6) is 0 Å². The number of rotatable bonds is 2. The van der Waals surface area contributed by atoms with Crippen molar-refractivity contribution >= 4 is 11.8 Å². The predicted octanol–water partition coefficient (Wildman–Crippen LogP) is 4.42. The average Bonchev–Trinajstić information content (AvgIpc) is 2.19. The Morgan fingerprint density at radius 3 is 2.64 bits per heavy atom. The molecule has 0 unspecified atom stereocenters. The van der Waals surface area contributed by atoms with Gasteiger partial charge in [0.2, 0.25) is 0 Å². The van der Waals surface area contributed by atoms with Crippen molar-refractivity contribution in [2.24, 2.45) is 0 Å². The second-order valence-corrected chi connectivity index (χ2v) is 5.57. The SMILES string of the molecule is Cc1cccc(SC2CCCCC2)c1. The van der Waals surface area contributed by atoms with Crippen LogP contribution in [-0.2, 0) is 0 Å². The fourth-order valence-electron chi connectivity index (χ4n) is 2.06. The fraction of sp³-hybridized carbons (Fsp3) is 0.538. The Balaban J connectivity index is 1.95. The molecule has 0 radical (unpaired) electrons. The third kappa shape index (κ3) is 2.78. The lowest BCUT2D eigenvalue weighted by atomic mass is 10.0. The molecule has 0 atom stereocenters. The molecule has 1 aromatic rings. The van der Waals surface area contributed by atoms with Crippen LogP contribution in [0.25, 0.3) is 0 Å². The molecule has 1 heteroatoms. The molecule has 0 heterocycles. The van der Waals surface area contributed by atoms with Gasteiger partial charge in [0.1, 0.15) is 0 Å². The zero-order valence-corrected chi connectivity index (χ0v) is 9.65. The number of hydrogen-bond acceptors (Lipinski definition) is 1. The Morgan fingerprint density at radius 2 is 1.93 bits per heavy atom. The highest BCUT2D eigenvalue weighted by atomic mass is 32.2. The van der Waals surface area contributed by atoms with Gasteiger partial charge in [-0.25, -0.2) is 0 Å². The summed E-state index contributed by atoms with van der Waals surface area (Å²) in [5, 5.41) is 0.880. The van der Waals surface area contributed by atoms with Crippen molar-refractivity contribution in [3.8, 4) is 0 Å². The first-order valence-corrected chi connectivity index (χ1v) is 6.46. The molecule has 1 fully saturated rings. The third-order valence-corrected chi connectivity index (χ3v) is 4.18. The summed E-state index contributed by atoms with van der Waals surface area (Å²) in [5.41, 5.74) is 1.38. The number of hydrogen-bond donors (Lipinski definition) is 0. The van der Waals surface area contributed by atoms with Gasteiger partial charge in [-0.1, -0.05) is 37.0 Å². The Labute approximate surface area is 91.1 Å². The molecule has 2 rings (SSSR count). The minimum atomic E-state index is 0.880. The number of thioether (sulfide) groups is 1. The normalized spacial score (nSPS) is 18.4. The van der Waals surface area contributed by atoms with Crippen molar-refractivity contribution in [2.45, 2.75) is 49.2 Å². The minimum absolute atomic E-state index is 0.880. The van der Waals surface area contributed by atoms with Gasteiger partial charge in [-0.05, 0) is 31.9 Å². The molecule has 76 valence electrons. The molecule has 0 N–H and O–H groups in total. The van der Waals surface area contributed by atoms with Crippen molar-refractivity contribution < 1.29 is 0 Å². The van der Waals surface area contributed by atoms with E-state index in [0.29, 0.717) is 0 Å². The van der Waals surface area contributed by atoms with E-state index in [1.807, 2.05) is 0 Å². The van der Waals surface area contributed by atoms with Crippen LogP contribution in [-0.4, -0.2) is 5.25 Å². The lowest BCUT2D eigenvalue weighted by Gasteiger charge is -2.20. The maximum absolute atomic E-state index is 2.30. The van der Waals surface area contributed by atoms with Crippen molar-refractivity contribution in [1.82, 2.24) is 0 Å². The van der Waals surface area contributed by atoms with Gasteiger partial charge in [-0.2, -0.15) is 0 Å². The van der Waals surface area contributed by atoms with Crippen molar-refractivity contribution in [2.75, 3.05) is 0 Å². The molecule has 0 nitrogen and oxygen atoms in total. The lowest BCUT2D eigenvalue weighted by molar-refractivity contribution is 0.516. The first-order valence-electron chi connectivity index (χ1n) is 5.58. The van der Waals surface area contributed by atoms with Crippen LogP contribution in [0.1, 0.15) is 37.7 Å². The van der Waals surface area contributed by atoms with E-state index in [2.05, 4.69) is 43.0 Å². The van der Waals surface area contributed by atoms with Gasteiger partial charge in [-0.15, -0.1) is 11.8 Å². The smallest absolute Gasteiger partial charge is 0.00944 e. The van der Waals surface area contributed by atoms with E-state index in [1.54, 1.807) is 0 Å². The third-order valence-electron chi connectivity index (χ3n) is 2.84. The molecule has 1 aliphatic carbocycles.